The smallest absolute Gasteiger partial charge is 1.00 e. The van der Waals surface area contributed by atoms with E-state index >= 15 is 0 Å². The van der Waals surface area contributed by atoms with Crippen LogP contribution in [0.3, 0.4) is 0 Å². The summed E-state index contributed by atoms with van der Waals surface area (Å²) >= 11 is 0. The fourth-order valence-electron chi connectivity index (χ4n) is 1.90. The van der Waals surface area contributed by atoms with Gasteiger partial charge in [-0.05, 0) is 6.08 Å². The molecule has 2 nitrogen and oxygen atoms in total. The molecule has 0 bridgehead atoms. The van der Waals surface area contributed by atoms with Crippen molar-refractivity contribution in [3.05, 3.63) is 52.4 Å². The molecule has 0 radical (unpaired) electrons. The molecule has 0 spiro atoms. The molecular formula is C14H18Cl2O2Si2Ti. The van der Waals surface area contributed by atoms with Gasteiger partial charge in [-0.15, -0.1) is 23.8 Å². The summed E-state index contributed by atoms with van der Waals surface area (Å²) in [6.07, 6.45) is 8.67. The van der Waals surface area contributed by atoms with Gasteiger partial charge in [0.2, 0.25) is 0 Å². The predicted molar refractivity (Wildman–Crippen MR) is 79.3 cm³/mol. The van der Waals surface area contributed by atoms with Crippen molar-refractivity contribution in [3.8, 4) is 0 Å². The Kier molecular flexibility index (Phi) is 10.6. The Morgan fingerprint density at radius 1 is 1.38 bits per heavy atom. The molecule has 7 heteroatoms. The van der Waals surface area contributed by atoms with Crippen LogP contribution < -0.4 is 24.8 Å². The first kappa shape index (κ1) is 23.6. The summed E-state index contributed by atoms with van der Waals surface area (Å²) in [4.78, 5) is 11.3. The first-order valence-corrected chi connectivity index (χ1v) is 11.0. The molecule has 112 valence electrons. The molecule has 0 aromatic carbocycles. The maximum atomic E-state index is 11.3. The summed E-state index contributed by atoms with van der Waals surface area (Å²) in [6.45, 7) is 8.53. The van der Waals surface area contributed by atoms with Crippen molar-refractivity contribution >= 4 is 23.4 Å². The van der Waals surface area contributed by atoms with Crippen LogP contribution in [-0.2, 0) is 26.5 Å². The second-order valence-electron chi connectivity index (χ2n) is 5.58. The summed E-state index contributed by atoms with van der Waals surface area (Å²) in [5.74, 6) is 0.185. The molecule has 3 aliphatic rings. The van der Waals surface area contributed by atoms with E-state index in [4.69, 9.17) is 5.11 Å². The molecular weight excluding hydrogens is 375 g/mol. The fraction of sp³-hybridized carbons (Fsp3) is 0.286. The first-order valence-electron chi connectivity index (χ1n) is 6.18. The van der Waals surface area contributed by atoms with Crippen molar-refractivity contribution in [3.63, 3.8) is 0 Å². The number of carbonyl (C=O) groups is 1. The SMILES string of the molecule is O=C1C=CC=C2[C-]=C3[SiH2]C3=C12.[CH2-][Si](C)(C)CCO.[Cl-].[Cl-].[Ti+4]. The van der Waals surface area contributed by atoms with Crippen molar-refractivity contribution in [2.45, 2.75) is 19.1 Å². The summed E-state index contributed by atoms with van der Waals surface area (Å²) in [5.41, 5.74) is 2.00. The Hall–Kier alpha value is 0.318. The maximum Gasteiger partial charge on any atom is 4.00 e. The zero-order valence-corrected chi connectivity index (χ0v) is 17.7. The summed E-state index contributed by atoms with van der Waals surface area (Å²) < 4.78 is 0. The number of carbonyl (C=O) groups excluding carboxylic acids is 1. The number of ketones is 1. The van der Waals surface area contributed by atoms with Crippen LogP contribution in [-0.4, -0.2) is 35.1 Å². The van der Waals surface area contributed by atoms with Gasteiger partial charge in [-0.3, -0.25) is 0 Å². The normalized spacial score (nSPS) is 18.0. The third-order valence-electron chi connectivity index (χ3n) is 2.99. The molecule has 1 heterocycles. The molecule has 1 aliphatic heterocycles. The standard InChI is InChI=1S/C9H5OSi.C5H13OSi.2ClH.Ti/c10-6-3-1-2-5-4-7-9(11-7)8(5)6;1-7(2,3)5-4-6;;;/h1-3H,11H2;6H,1,4-5H2,2-3H3;2*1H;/q2*-1;;;+4/p-2. The Bertz CT molecular complexity index is 518. The van der Waals surface area contributed by atoms with E-state index in [1.54, 1.807) is 6.08 Å². The minimum atomic E-state index is -1.16. The van der Waals surface area contributed by atoms with E-state index < -0.39 is 8.07 Å². The number of aliphatic hydroxyl groups excluding tert-OH is 1. The van der Waals surface area contributed by atoms with Gasteiger partial charge in [0.25, 0.3) is 0 Å². The topological polar surface area (TPSA) is 37.3 Å². The molecule has 0 atom stereocenters. The van der Waals surface area contributed by atoms with Gasteiger partial charge in [-0.1, -0.05) is 32.8 Å². The van der Waals surface area contributed by atoms with E-state index in [1.807, 2.05) is 12.2 Å². The van der Waals surface area contributed by atoms with E-state index in [1.165, 1.54) is 10.4 Å². The fourth-order valence-corrected chi connectivity index (χ4v) is 3.86. The minimum absolute atomic E-state index is 0. The maximum absolute atomic E-state index is 11.3. The molecule has 0 aromatic heterocycles. The van der Waals surface area contributed by atoms with Crippen LogP contribution >= 0.6 is 0 Å². The quantitative estimate of drug-likeness (QED) is 0.378. The molecule has 21 heavy (non-hydrogen) atoms. The largest absolute Gasteiger partial charge is 4.00 e. The van der Waals surface area contributed by atoms with Gasteiger partial charge >= 0.3 is 21.7 Å². The Labute approximate surface area is 157 Å². The molecule has 0 aromatic rings. The second kappa shape index (κ2) is 9.46. The average Bonchev–Trinajstić information content (AvgIpc) is 2.89. The number of halogens is 2. The zero-order chi connectivity index (χ0) is 13.3. The van der Waals surface area contributed by atoms with Gasteiger partial charge in [-0.2, -0.15) is 10.4 Å². The van der Waals surface area contributed by atoms with E-state index in [2.05, 4.69) is 25.7 Å². The van der Waals surface area contributed by atoms with Crippen molar-refractivity contribution < 1.29 is 56.4 Å². The Balaban J connectivity index is 0. The molecule has 1 N–H and O–H groups in total. The monoisotopic (exact) mass is 392 g/mol. The van der Waals surface area contributed by atoms with Gasteiger partial charge in [-0.25, -0.2) is 0 Å². The van der Waals surface area contributed by atoms with Crippen molar-refractivity contribution in [2.24, 2.45) is 0 Å². The van der Waals surface area contributed by atoms with Crippen LogP contribution in [0.15, 0.2) is 39.8 Å². The number of aliphatic hydroxyl groups is 1. The number of rotatable bonds is 2. The van der Waals surface area contributed by atoms with Crippen molar-refractivity contribution in [1.82, 2.24) is 0 Å². The van der Waals surface area contributed by atoms with Gasteiger partial charge in [0.05, 0.1) is 0 Å². The van der Waals surface area contributed by atoms with Crippen LogP contribution in [0.1, 0.15) is 0 Å². The van der Waals surface area contributed by atoms with E-state index in [-0.39, 0.29) is 61.8 Å². The zero-order valence-electron chi connectivity index (χ0n) is 12.2. The molecule has 0 unspecified atom stereocenters. The third-order valence-corrected chi connectivity index (χ3v) is 6.16. The summed E-state index contributed by atoms with van der Waals surface area (Å²) in [7, 11) is -1.27. The van der Waals surface area contributed by atoms with E-state index in [0.29, 0.717) is 6.61 Å². The second-order valence-corrected chi connectivity index (χ2v) is 12.2. The van der Waals surface area contributed by atoms with Crippen LogP contribution in [0.4, 0.5) is 0 Å². The predicted octanol–water partition coefficient (Wildman–Crippen LogP) is -4.75. The number of hydrogen-bond acceptors (Lipinski definition) is 2. The average molecular weight is 393 g/mol. The molecule has 1 saturated heterocycles. The minimum Gasteiger partial charge on any atom is -1.00 e. The van der Waals surface area contributed by atoms with Crippen molar-refractivity contribution in [1.29, 1.82) is 0 Å². The van der Waals surface area contributed by atoms with Crippen LogP contribution in [0, 0.1) is 12.6 Å². The molecule has 0 saturated carbocycles. The molecule has 1 fully saturated rings. The van der Waals surface area contributed by atoms with Gasteiger partial charge in [0.1, 0.15) is 5.78 Å². The number of fused-ring (bicyclic) bond motifs is 2. The summed E-state index contributed by atoms with van der Waals surface area (Å²) in [6, 6.07) is 0.924. The van der Waals surface area contributed by atoms with Crippen LogP contribution in [0.2, 0.25) is 19.1 Å². The number of hydrogen-bond donors (Lipinski definition) is 1. The third kappa shape index (κ3) is 6.53. The first-order chi connectivity index (χ1) is 8.42. The van der Waals surface area contributed by atoms with Crippen LogP contribution in [0.5, 0.6) is 0 Å². The van der Waals surface area contributed by atoms with E-state index in [9.17, 15) is 4.79 Å². The Morgan fingerprint density at radius 3 is 2.43 bits per heavy atom. The number of allylic oxidation sites excluding steroid dienone is 8. The molecule has 2 aliphatic carbocycles. The molecule has 0 amide bonds. The van der Waals surface area contributed by atoms with Gasteiger partial charge in [0, 0.05) is 16.1 Å². The van der Waals surface area contributed by atoms with Gasteiger partial charge < -0.3 is 41.3 Å². The molecule has 3 rings (SSSR count). The van der Waals surface area contributed by atoms with Gasteiger partial charge in [0.15, 0.2) is 0 Å². The van der Waals surface area contributed by atoms with Crippen LogP contribution in [0.25, 0.3) is 0 Å². The van der Waals surface area contributed by atoms with Crippen molar-refractivity contribution in [2.75, 3.05) is 6.61 Å². The van der Waals surface area contributed by atoms with E-state index in [0.717, 1.165) is 17.2 Å². The Morgan fingerprint density at radius 2 is 2.00 bits per heavy atom. The summed E-state index contributed by atoms with van der Waals surface area (Å²) in [5, 5.41) is 11.1.